The fourth-order valence-corrected chi connectivity index (χ4v) is 3.69. The summed E-state index contributed by atoms with van der Waals surface area (Å²) in [6.45, 7) is 9.25. The van der Waals surface area contributed by atoms with Gasteiger partial charge in [0.15, 0.2) is 0 Å². The van der Waals surface area contributed by atoms with Gasteiger partial charge in [0.2, 0.25) is 0 Å². The molecule has 0 aliphatic carbocycles. The molecule has 184 valence electrons. The van der Waals surface area contributed by atoms with E-state index in [2.05, 4.69) is 48.2 Å². The highest BCUT2D eigenvalue weighted by molar-refractivity contribution is 5.98. The molecule has 3 aromatic carbocycles. The Labute approximate surface area is 210 Å². The van der Waals surface area contributed by atoms with Crippen molar-refractivity contribution in [2.75, 3.05) is 27.2 Å². The zero-order chi connectivity index (χ0) is 25.4. The lowest BCUT2D eigenvalue weighted by Gasteiger charge is -2.18. The Kier molecular flexibility index (Phi) is 8.89. The van der Waals surface area contributed by atoms with Crippen LogP contribution in [0, 0.1) is 5.41 Å². The van der Waals surface area contributed by atoms with Gasteiger partial charge in [0.1, 0.15) is 18.1 Å². The molecule has 3 rings (SSSR count). The molecule has 0 saturated carbocycles. The van der Waals surface area contributed by atoms with Crippen molar-refractivity contribution in [1.82, 2.24) is 4.90 Å². The van der Waals surface area contributed by atoms with Gasteiger partial charge in [0.25, 0.3) is 0 Å². The van der Waals surface area contributed by atoms with Crippen LogP contribution < -0.4 is 9.47 Å². The third-order valence-corrected chi connectivity index (χ3v) is 5.69. The van der Waals surface area contributed by atoms with E-state index >= 15 is 0 Å². The molecule has 4 nitrogen and oxygen atoms in total. The van der Waals surface area contributed by atoms with Crippen molar-refractivity contribution >= 4 is 17.1 Å². The monoisotopic (exact) mass is 471 g/mol. The van der Waals surface area contributed by atoms with E-state index in [0.29, 0.717) is 12.4 Å². The number of nitrogens with zero attached hydrogens (tertiary/aromatic N) is 1. The zero-order valence-corrected chi connectivity index (χ0v) is 21.8. The minimum absolute atomic E-state index is 0.246. The van der Waals surface area contributed by atoms with E-state index in [1.165, 1.54) is 11.1 Å². The fraction of sp³-hybridized carbons (Fsp3) is 0.323. The van der Waals surface area contributed by atoms with Gasteiger partial charge < -0.3 is 14.4 Å². The maximum Gasteiger partial charge on any atom is 0.316 e. The maximum atomic E-state index is 12.3. The van der Waals surface area contributed by atoms with Crippen LogP contribution >= 0.6 is 0 Å². The molecule has 0 aromatic heterocycles. The third kappa shape index (κ3) is 7.30. The van der Waals surface area contributed by atoms with Crippen LogP contribution in [0.1, 0.15) is 50.8 Å². The fourth-order valence-electron chi connectivity index (χ4n) is 3.69. The van der Waals surface area contributed by atoms with Crippen LogP contribution in [0.3, 0.4) is 0 Å². The highest BCUT2D eigenvalue weighted by atomic mass is 16.5. The van der Waals surface area contributed by atoms with Gasteiger partial charge in [-0.2, -0.15) is 0 Å². The number of carbonyl (C=O) groups excluding carboxylic acids is 1. The predicted molar refractivity (Wildman–Crippen MR) is 145 cm³/mol. The Morgan fingerprint density at radius 2 is 1.31 bits per heavy atom. The van der Waals surface area contributed by atoms with Crippen molar-refractivity contribution < 1.29 is 14.3 Å². The molecule has 3 aromatic rings. The molecule has 0 fully saturated rings. The minimum Gasteiger partial charge on any atom is -0.492 e. The Morgan fingerprint density at radius 3 is 1.80 bits per heavy atom. The number of likely N-dealkylation sites (N-methyl/N-ethyl adjacent to an activating group) is 1. The molecule has 0 amide bonds. The number of benzene rings is 3. The molecule has 0 unspecified atom stereocenters. The second-order valence-corrected chi connectivity index (χ2v) is 9.91. The Morgan fingerprint density at radius 1 is 0.771 bits per heavy atom. The minimum atomic E-state index is -0.553. The zero-order valence-electron chi connectivity index (χ0n) is 21.8. The first-order chi connectivity index (χ1) is 16.7. The van der Waals surface area contributed by atoms with Crippen LogP contribution in [0.2, 0.25) is 0 Å². The SMILES string of the molecule is CC/C(=C(\c1ccc(OCCN(C)C)cc1)c1ccc(OC(=O)C(C)(C)C)cc1)c1ccccc1. The van der Waals surface area contributed by atoms with Crippen LogP contribution in [0.5, 0.6) is 11.5 Å². The topological polar surface area (TPSA) is 38.8 Å². The molecule has 0 heterocycles. The number of ether oxygens (including phenoxy) is 2. The van der Waals surface area contributed by atoms with Crippen molar-refractivity contribution in [3.05, 3.63) is 95.6 Å². The quantitative estimate of drug-likeness (QED) is 0.192. The Bertz CT molecular complexity index is 1120. The molecule has 0 atom stereocenters. The summed E-state index contributed by atoms with van der Waals surface area (Å²) in [7, 11) is 4.07. The molecular weight excluding hydrogens is 434 g/mol. The molecule has 0 N–H and O–H groups in total. The van der Waals surface area contributed by atoms with E-state index in [4.69, 9.17) is 9.47 Å². The van der Waals surface area contributed by atoms with E-state index in [0.717, 1.165) is 35.4 Å². The van der Waals surface area contributed by atoms with E-state index in [9.17, 15) is 4.79 Å². The highest BCUT2D eigenvalue weighted by Gasteiger charge is 2.23. The molecule has 0 spiro atoms. The van der Waals surface area contributed by atoms with E-state index in [-0.39, 0.29) is 5.97 Å². The first-order valence-corrected chi connectivity index (χ1v) is 12.2. The third-order valence-electron chi connectivity index (χ3n) is 5.69. The van der Waals surface area contributed by atoms with Crippen LogP contribution in [0.15, 0.2) is 78.9 Å². The average molecular weight is 472 g/mol. The molecular formula is C31H37NO3. The van der Waals surface area contributed by atoms with Crippen molar-refractivity contribution in [2.24, 2.45) is 5.41 Å². The molecule has 0 radical (unpaired) electrons. The highest BCUT2D eigenvalue weighted by Crippen LogP contribution is 2.35. The number of esters is 1. The second-order valence-electron chi connectivity index (χ2n) is 9.91. The summed E-state index contributed by atoms with van der Waals surface area (Å²) in [5, 5.41) is 0. The normalized spacial score (nSPS) is 12.3. The summed E-state index contributed by atoms with van der Waals surface area (Å²) in [4.78, 5) is 14.4. The van der Waals surface area contributed by atoms with Crippen molar-refractivity contribution in [3.8, 4) is 11.5 Å². The summed E-state index contributed by atoms with van der Waals surface area (Å²) < 4.78 is 11.5. The largest absolute Gasteiger partial charge is 0.492 e. The van der Waals surface area contributed by atoms with Gasteiger partial charge in [-0.1, -0.05) is 61.5 Å². The molecule has 0 bridgehead atoms. The lowest BCUT2D eigenvalue weighted by atomic mass is 9.88. The predicted octanol–water partition coefficient (Wildman–Crippen LogP) is 6.95. The standard InChI is InChI=1S/C31H37NO3/c1-7-28(23-11-9-8-10-12-23)29(24-13-17-26(18-14-24)34-22-21-32(5)6)25-15-19-27(20-16-25)35-30(33)31(2,3)4/h8-20H,7,21-22H2,1-6H3/b29-28-. The first-order valence-electron chi connectivity index (χ1n) is 12.2. The number of hydrogen-bond donors (Lipinski definition) is 0. The number of carbonyl (C=O) groups is 1. The van der Waals surface area contributed by atoms with Gasteiger partial charge in [0, 0.05) is 6.54 Å². The summed E-state index contributed by atoms with van der Waals surface area (Å²) in [6, 6.07) is 26.6. The number of hydrogen-bond acceptors (Lipinski definition) is 4. The maximum absolute atomic E-state index is 12.3. The summed E-state index contributed by atoms with van der Waals surface area (Å²) in [5.41, 5.74) is 5.24. The van der Waals surface area contributed by atoms with Crippen molar-refractivity contribution in [2.45, 2.75) is 34.1 Å². The van der Waals surface area contributed by atoms with Gasteiger partial charge in [-0.25, -0.2) is 0 Å². The van der Waals surface area contributed by atoms with E-state index < -0.39 is 5.41 Å². The smallest absolute Gasteiger partial charge is 0.316 e. The van der Waals surface area contributed by atoms with Crippen LogP contribution in [-0.2, 0) is 4.79 Å². The van der Waals surface area contributed by atoms with E-state index in [1.54, 1.807) is 0 Å². The Hall–Kier alpha value is -3.37. The lowest BCUT2D eigenvalue weighted by molar-refractivity contribution is -0.142. The van der Waals surface area contributed by atoms with Gasteiger partial charge in [-0.15, -0.1) is 0 Å². The molecule has 0 saturated heterocycles. The molecule has 4 heteroatoms. The average Bonchev–Trinajstić information content (AvgIpc) is 2.83. The van der Waals surface area contributed by atoms with Crippen LogP contribution in [0.4, 0.5) is 0 Å². The Balaban J connectivity index is 1.99. The molecule has 35 heavy (non-hydrogen) atoms. The van der Waals surface area contributed by atoms with Crippen molar-refractivity contribution in [3.63, 3.8) is 0 Å². The molecule has 0 aliphatic rings. The summed E-state index contributed by atoms with van der Waals surface area (Å²) >= 11 is 0. The van der Waals surface area contributed by atoms with E-state index in [1.807, 2.05) is 77.3 Å². The van der Waals surface area contributed by atoms with Gasteiger partial charge in [-0.3, -0.25) is 4.79 Å². The first kappa shape index (κ1) is 26.2. The summed E-state index contributed by atoms with van der Waals surface area (Å²) in [5.74, 6) is 1.16. The summed E-state index contributed by atoms with van der Waals surface area (Å²) in [6.07, 6.45) is 0.876. The van der Waals surface area contributed by atoms with Gasteiger partial charge in [-0.05, 0) is 93.4 Å². The number of allylic oxidation sites excluding steroid dienone is 1. The molecule has 0 aliphatic heterocycles. The lowest BCUT2D eigenvalue weighted by Crippen LogP contribution is -2.25. The second kappa shape index (κ2) is 11.9. The van der Waals surface area contributed by atoms with Crippen LogP contribution in [0.25, 0.3) is 11.1 Å². The van der Waals surface area contributed by atoms with Gasteiger partial charge in [0.05, 0.1) is 5.41 Å². The number of rotatable bonds is 9. The van der Waals surface area contributed by atoms with Crippen molar-refractivity contribution in [1.29, 1.82) is 0 Å². The van der Waals surface area contributed by atoms with Crippen LogP contribution in [-0.4, -0.2) is 38.1 Å². The van der Waals surface area contributed by atoms with Gasteiger partial charge >= 0.3 is 5.97 Å².